The fourth-order valence-electron chi connectivity index (χ4n) is 1.94. The zero-order valence-electron chi connectivity index (χ0n) is 10.1. The van der Waals surface area contributed by atoms with Gasteiger partial charge in [-0.25, -0.2) is 0 Å². The highest BCUT2D eigenvalue weighted by molar-refractivity contribution is 9.11. The molecule has 92 valence electrons. The number of benzene rings is 1. The number of rotatable bonds is 2. The number of ether oxygens (including phenoxy) is 2. The predicted octanol–water partition coefficient (Wildman–Crippen LogP) is 3.96. The lowest BCUT2D eigenvalue weighted by Gasteiger charge is -2.32. The summed E-state index contributed by atoms with van der Waals surface area (Å²) in [6.45, 7) is 4.16. The van der Waals surface area contributed by atoms with Gasteiger partial charge in [0.05, 0.1) is 16.7 Å². The molecule has 0 spiro atoms. The highest BCUT2D eigenvalue weighted by atomic mass is 79.9. The van der Waals surface area contributed by atoms with Gasteiger partial charge in [0.1, 0.15) is 0 Å². The van der Waals surface area contributed by atoms with E-state index in [0.29, 0.717) is 0 Å². The first-order valence-electron chi connectivity index (χ1n) is 5.88. The average molecular weight is 297 g/mol. The maximum Gasteiger partial charge on any atom is 0.190 e. The lowest BCUT2D eigenvalue weighted by molar-refractivity contribution is -0.211. The SMILES string of the molecule is CC1CC(C)OC(C(Br)=Cc2ccccc2)O1. The first-order valence-corrected chi connectivity index (χ1v) is 6.67. The molecule has 0 bridgehead atoms. The quantitative estimate of drug-likeness (QED) is 0.822. The van der Waals surface area contributed by atoms with Gasteiger partial charge < -0.3 is 9.47 Å². The number of halogens is 1. The molecule has 0 N–H and O–H groups in total. The Labute approximate surface area is 111 Å². The van der Waals surface area contributed by atoms with Crippen LogP contribution in [-0.4, -0.2) is 18.5 Å². The smallest absolute Gasteiger partial charge is 0.190 e. The molecule has 17 heavy (non-hydrogen) atoms. The van der Waals surface area contributed by atoms with E-state index in [2.05, 4.69) is 41.9 Å². The van der Waals surface area contributed by atoms with Crippen molar-refractivity contribution in [3.8, 4) is 0 Å². The summed E-state index contributed by atoms with van der Waals surface area (Å²) in [6.07, 6.45) is 3.17. The van der Waals surface area contributed by atoms with Crippen LogP contribution < -0.4 is 0 Å². The molecular formula is C14H17BrO2. The van der Waals surface area contributed by atoms with Crippen molar-refractivity contribution in [2.45, 2.75) is 38.8 Å². The molecule has 0 amide bonds. The van der Waals surface area contributed by atoms with Crippen molar-refractivity contribution in [1.29, 1.82) is 0 Å². The Balaban J connectivity index is 2.09. The summed E-state index contributed by atoms with van der Waals surface area (Å²) in [4.78, 5) is 0. The topological polar surface area (TPSA) is 18.5 Å². The molecule has 1 fully saturated rings. The van der Waals surface area contributed by atoms with E-state index in [1.165, 1.54) is 0 Å². The maximum absolute atomic E-state index is 5.75. The van der Waals surface area contributed by atoms with Crippen molar-refractivity contribution in [2.24, 2.45) is 0 Å². The normalized spacial score (nSPS) is 30.3. The number of hydrogen-bond donors (Lipinski definition) is 0. The van der Waals surface area contributed by atoms with E-state index >= 15 is 0 Å². The molecule has 1 heterocycles. The molecular weight excluding hydrogens is 280 g/mol. The van der Waals surface area contributed by atoms with E-state index in [-0.39, 0.29) is 18.5 Å². The molecule has 1 aliphatic rings. The van der Waals surface area contributed by atoms with Crippen molar-refractivity contribution in [3.63, 3.8) is 0 Å². The highest BCUT2D eigenvalue weighted by Gasteiger charge is 2.26. The third-order valence-corrected chi connectivity index (χ3v) is 3.31. The Morgan fingerprint density at radius 1 is 1.18 bits per heavy atom. The van der Waals surface area contributed by atoms with E-state index in [4.69, 9.17) is 9.47 Å². The largest absolute Gasteiger partial charge is 0.345 e. The molecule has 1 saturated heterocycles. The second kappa shape index (κ2) is 5.80. The lowest BCUT2D eigenvalue weighted by atomic mass is 10.1. The molecule has 0 aromatic heterocycles. The van der Waals surface area contributed by atoms with Gasteiger partial charge in [-0.1, -0.05) is 46.3 Å². The van der Waals surface area contributed by atoms with Crippen LogP contribution in [-0.2, 0) is 9.47 Å². The van der Waals surface area contributed by atoms with Crippen LogP contribution in [0.3, 0.4) is 0 Å². The standard InChI is InChI=1S/C14H17BrO2/c1-10-8-11(2)17-14(16-10)13(15)9-12-6-4-3-5-7-12/h3-7,9-11,14H,8H2,1-2H3. The minimum absolute atomic E-state index is 0.237. The van der Waals surface area contributed by atoms with Crippen molar-refractivity contribution < 1.29 is 9.47 Å². The molecule has 2 nitrogen and oxygen atoms in total. The molecule has 1 aromatic carbocycles. The molecule has 1 aromatic rings. The van der Waals surface area contributed by atoms with Crippen LogP contribution >= 0.6 is 15.9 Å². The van der Waals surface area contributed by atoms with E-state index in [0.717, 1.165) is 16.5 Å². The van der Waals surface area contributed by atoms with E-state index in [1.807, 2.05) is 24.3 Å². The molecule has 0 aliphatic carbocycles. The second-order valence-corrected chi connectivity index (χ2v) is 5.32. The molecule has 2 atom stereocenters. The Kier molecular flexibility index (Phi) is 4.37. The molecule has 0 saturated carbocycles. The van der Waals surface area contributed by atoms with Crippen molar-refractivity contribution in [2.75, 3.05) is 0 Å². The van der Waals surface area contributed by atoms with Crippen LogP contribution in [0, 0.1) is 0 Å². The molecule has 2 rings (SSSR count). The van der Waals surface area contributed by atoms with E-state index in [9.17, 15) is 0 Å². The predicted molar refractivity (Wildman–Crippen MR) is 72.8 cm³/mol. The van der Waals surface area contributed by atoms with Gasteiger partial charge in [-0.05, 0) is 31.9 Å². The maximum atomic E-state index is 5.75. The van der Waals surface area contributed by atoms with Gasteiger partial charge in [0.15, 0.2) is 6.29 Å². The minimum atomic E-state index is -0.283. The molecule has 2 unspecified atom stereocenters. The van der Waals surface area contributed by atoms with Crippen LogP contribution in [0.2, 0.25) is 0 Å². The van der Waals surface area contributed by atoms with Crippen LogP contribution in [0.25, 0.3) is 6.08 Å². The van der Waals surface area contributed by atoms with Crippen LogP contribution in [0.1, 0.15) is 25.8 Å². The summed E-state index contributed by atoms with van der Waals surface area (Å²) in [5.74, 6) is 0. The summed E-state index contributed by atoms with van der Waals surface area (Å²) >= 11 is 3.54. The summed E-state index contributed by atoms with van der Waals surface area (Å²) < 4.78 is 12.4. The third-order valence-electron chi connectivity index (χ3n) is 2.70. The minimum Gasteiger partial charge on any atom is -0.345 e. The second-order valence-electron chi connectivity index (χ2n) is 4.40. The van der Waals surface area contributed by atoms with Gasteiger partial charge in [0.25, 0.3) is 0 Å². The number of hydrogen-bond acceptors (Lipinski definition) is 2. The first-order chi connectivity index (χ1) is 8.15. The van der Waals surface area contributed by atoms with Crippen LogP contribution in [0.4, 0.5) is 0 Å². The third kappa shape index (κ3) is 3.66. The Bertz CT molecular complexity index is 378. The Morgan fingerprint density at radius 3 is 2.35 bits per heavy atom. The summed E-state index contributed by atoms with van der Waals surface area (Å²) in [7, 11) is 0. The fraction of sp³-hybridized carbons (Fsp3) is 0.429. The Morgan fingerprint density at radius 2 is 1.76 bits per heavy atom. The van der Waals surface area contributed by atoms with E-state index in [1.54, 1.807) is 0 Å². The van der Waals surface area contributed by atoms with Gasteiger partial charge in [0.2, 0.25) is 0 Å². The van der Waals surface area contributed by atoms with E-state index < -0.39 is 0 Å². The summed E-state index contributed by atoms with van der Waals surface area (Å²) in [5, 5.41) is 0. The zero-order valence-corrected chi connectivity index (χ0v) is 11.7. The van der Waals surface area contributed by atoms with Gasteiger partial charge in [0, 0.05) is 0 Å². The van der Waals surface area contributed by atoms with Gasteiger partial charge in [-0.3, -0.25) is 0 Å². The zero-order chi connectivity index (χ0) is 12.3. The van der Waals surface area contributed by atoms with Crippen molar-refractivity contribution in [3.05, 3.63) is 40.4 Å². The molecule has 3 heteroatoms. The summed E-state index contributed by atoms with van der Waals surface area (Å²) in [5.41, 5.74) is 1.14. The van der Waals surface area contributed by atoms with Crippen LogP contribution in [0.5, 0.6) is 0 Å². The van der Waals surface area contributed by atoms with Gasteiger partial charge in [-0.2, -0.15) is 0 Å². The van der Waals surface area contributed by atoms with Gasteiger partial charge in [-0.15, -0.1) is 0 Å². The van der Waals surface area contributed by atoms with Crippen molar-refractivity contribution >= 4 is 22.0 Å². The highest BCUT2D eigenvalue weighted by Crippen LogP contribution is 2.27. The lowest BCUT2D eigenvalue weighted by Crippen LogP contribution is -2.35. The average Bonchev–Trinajstić information content (AvgIpc) is 2.29. The Hall–Kier alpha value is -0.640. The fourth-order valence-corrected chi connectivity index (χ4v) is 2.42. The summed E-state index contributed by atoms with van der Waals surface area (Å²) in [6, 6.07) is 10.1. The van der Waals surface area contributed by atoms with Crippen LogP contribution in [0.15, 0.2) is 34.8 Å². The van der Waals surface area contributed by atoms with Gasteiger partial charge >= 0.3 is 0 Å². The molecule has 0 radical (unpaired) electrons. The first kappa shape index (κ1) is 12.8. The molecule has 1 aliphatic heterocycles. The monoisotopic (exact) mass is 296 g/mol. The van der Waals surface area contributed by atoms with Crippen molar-refractivity contribution in [1.82, 2.24) is 0 Å².